The predicted molar refractivity (Wildman–Crippen MR) is 75.5 cm³/mol. The minimum absolute atomic E-state index is 0.0760. The van der Waals surface area contributed by atoms with E-state index in [9.17, 15) is 13.2 Å². The van der Waals surface area contributed by atoms with E-state index in [1.807, 2.05) is 0 Å². The van der Waals surface area contributed by atoms with Gasteiger partial charge in [0.2, 0.25) is 0 Å². The van der Waals surface area contributed by atoms with Crippen LogP contribution < -0.4 is 5.32 Å². The van der Waals surface area contributed by atoms with Crippen LogP contribution in [0.15, 0.2) is 29.2 Å². The lowest BCUT2D eigenvalue weighted by atomic mass is 10.3. The van der Waals surface area contributed by atoms with Crippen molar-refractivity contribution in [2.75, 3.05) is 19.4 Å². The van der Waals surface area contributed by atoms with Gasteiger partial charge < -0.3 is 10.1 Å². The maximum atomic E-state index is 12.1. The first-order chi connectivity index (χ1) is 9.39. The van der Waals surface area contributed by atoms with E-state index in [1.54, 1.807) is 12.1 Å². The first-order valence-corrected chi connectivity index (χ1v) is 8.24. The third-order valence-electron chi connectivity index (χ3n) is 3.33. The van der Waals surface area contributed by atoms with Crippen LogP contribution in [-0.2, 0) is 19.4 Å². The summed E-state index contributed by atoms with van der Waals surface area (Å²) in [6.07, 6.45) is 1.36. The van der Waals surface area contributed by atoms with Crippen LogP contribution in [0, 0.1) is 0 Å². The summed E-state index contributed by atoms with van der Waals surface area (Å²) in [4.78, 5) is 11.7. The molecule has 0 bridgehead atoms. The average Bonchev–Trinajstić information content (AvgIpc) is 3.19. The molecule has 1 aromatic rings. The summed E-state index contributed by atoms with van der Waals surface area (Å²) in [6.45, 7) is 0.208. The van der Waals surface area contributed by atoms with Gasteiger partial charge >= 0.3 is 5.97 Å². The van der Waals surface area contributed by atoms with E-state index in [0.717, 1.165) is 0 Å². The number of hydrogen-bond donors (Lipinski definition) is 1. The zero-order valence-electron chi connectivity index (χ0n) is 11.1. The molecule has 0 atom stereocenters. The molecule has 5 nitrogen and oxygen atoms in total. The smallest absolute Gasteiger partial charge is 0.326 e. The third-order valence-corrected chi connectivity index (χ3v) is 5.32. The number of methoxy groups -OCH3 is 1. The Hall–Kier alpha value is -1.11. The molecule has 0 heterocycles. The number of benzene rings is 1. The van der Waals surface area contributed by atoms with Crippen molar-refractivity contribution < 1.29 is 17.9 Å². The molecule has 1 N–H and O–H groups in total. The monoisotopic (exact) mass is 317 g/mol. The molecule has 1 aliphatic rings. The molecule has 0 aliphatic heterocycles. The molecular formula is C13H16ClNO4S. The summed E-state index contributed by atoms with van der Waals surface area (Å²) < 4.78 is 28.9. The van der Waals surface area contributed by atoms with E-state index < -0.39 is 15.4 Å². The number of sulfone groups is 1. The molecule has 110 valence electrons. The van der Waals surface area contributed by atoms with Gasteiger partial charge in [0, 0.05) is 11.6 Å². The van der Waals surface area contributed by atoms with E-state index in [4.69, 9.17) is 16.3 Å². The minimum Gasteiger partial charge on any atom is -0.468 e. The Morgan fingerprint density at radius 2 is 1.95 bits per heavy atom. The largest absolute Gasteiger partial charge is 0.468 e. The molecule has 7 heteroatoms. The summed E-state index contributed by atoms with van der Waals surface area (Å²) in [6, 6.07) is 6.03. The topological polar surface area (TPSA) is 72.5 Å². The first kappa shape index (κ1) is 15.3. The molecule has 0 unspecified atom stereocenters. The molecule has 0 spiro atoms. The number of rotatable bonds is 6. The number of nitrogens with one attached hydrogen (secondary N) is 1. The molecule has 0 amide bonds. The third kappa shape index (κ3) is 3.31. The maximum Gasteiger partial charge on any atom is 0.326 e. The average molecular weight is 318 g/mol. The fraction of sp³-hybridized carbons (Fsp3) is 0.462. The number of ether oxygens (including phenoxy) is 1. The molecule has 1 aliphatic carbocycles. The highest BCUT2D eigenvalue weighted by Gasteiger charge is 2.50. The van der Waals surface area contributed by atoms with Crippen molar-refractivity contribution in [1.29, 1.82) is 0 Å². The second kappa shape index (κ2) is 5.71. The van der Waals surface area contributed by atoms with Crippen molar-refractivity contribution in [2.24, 2.45) is 0 Å². The van der Waals surface area contributed by atoms with Gasteiger partial charge in [-0.1, -0.05) is 11.6 Å². The second-order valence-corrected chi connectivity index (χ2v) is 7.32. The van der Waals surface area contributed by atoms with Gasteiger partial charge in [0.1, 0.15) is 5.54 Å². The Bertz CT molecular complexity index is 593. The fourth-order valence-electron chi connectivity index (χ4n) is 1.96. The summed E-state index contributed by atoms with van der Waals surface area (Å²) in [5.74, 6) is -0.408. The van der Waals surface area contributed by atoms with Crippen molar-refractivity contribution in [3.8, 4) is 0 Å². The van der Waals surface area contributed by atoms with Crippen LogP contribution in [0.2, 0.25) is 5.02 Å². The summed E-state index contributed by atoms with van der Waals surface area (Å²) in [5.41, 5.74) is -0.676. The van der Waals surface area contributed by atoms with Gasteiger partial charge in [0.05, 0.1) is 17.8 Å². The second-order valence-electron chi connectivity index (χ2n) is 4.77. The number of carbonyl (C=O) groups is 1. The highest BCUT2D eigenvalue weighted by atomic mass is 35.5. The lowest BCUT2D eigenvalue weighted by Crippen LogP contribution is -2.42. The first-order valence-electron chi connectivity index (χ1n) is 6.21. The number of halogens is 1. The zero-order chi connectivity index (χ0) is 14.8. The normalized spacial score (nSPS) is 16.7. The molecule has 0 saturated heterocycles. The lowest BCUT2D eigenvalue weighted by molar-refractivity contribution is -0.144. The van der Waals surface area contributed by atoms with Crippen molar-refractivity contribution >= 4 is 27.4 Å². The molecular weight excluding hydrogens is 302 g/mol. The highest BCUT2D eigenvalue weighted by molar-refractivity contribution is 7.91. The van der Waals surface area contributed by atoms with E-state index in [1.165, 1.54) is 19.2 Å². The van der Waals surface area contributed by atoms with Crippen molar-refractivity contribution in [3.05, 3.63) is 29.3 Å². The zero-order valence-corrected chi connectivity index (χ0v) is 12.6. The van der Waals surface area contributed by atoms with Gasteiger partial charge in [-0.25, -0.2) is 8.42 Å². The van der Waals surface area contributed by atoms with E-state index in [-0.39, 0.29) is 23.2 Å². The summed E-state index contributed by atoms with van der Waals surface area (Å²) in [5, 5.41) is 3.47. The fourth-order valence-corrected chi connectivity index (χ4v) is 3.24. The van der Waals surface area contributed by atoms with Gasteiger partial charge in [0.15, 0.2) is 9.84 Å². The van der Waals surface area contributed by atoms with Crippen LogP contribution in [0.5, 0.6) is 0 Å². The van der Waals surface area contributed by atoms with Gasteiger partial charge in [-0.05, 0) is 37.1 Å². The highest BCUT2D eigenvalue weighted by Crippen LogP contribution is 2.36. The van der Waals surface area contributed by atoms with E-state index in [0.29, 0.717) is 17.9 Å². The summed E-state index contributed by atoms with van der Waals surface area (Å²) >= 11 is 5.73. The summed E-state index contributed by atoms with van der Waals surface area (Å²) in [7, 11) is -2.05. The molecule has 20 heavy (non-hydrogen) atoms. The van der Waals surface area contributed by atoms with Crippen LogP contribution in [-0.4, -0.2) is 39.3 Å². The molecule has 2 rings (SSSR count). The van der Waals surface area contributed by atoms with E-state index >= 15 is 0 Å². The van der Waals surface area contributed by atoms with Crippen molar-refractivity contribution in [2.45, 2.75) is 23.3 Å². The van der Waals surface area contributed by atoms with Crippen molar-refractivity contribution in [1.82, 2.24) is 5.32 Å². The number of hydrogen-bond acceptors (Lipinski definition) is 5. The Morgan fingerprint density at radius 1 is 1.35 bits per heavy atom. The van der Waals surface area contributed by atoms with Gasteiger partial charge in [0.25, 0.3) is 0 Å². The molecule has 0 aromatic heterocycles. The Labute approximate surface area is 123 Å². The number of esters is 1. The molecule has 0 radical (unpaired) electrons. The van der Waals surface area contributed by atoms with E-state index in [2.05, 4.69) is 5.32 Å². The Morgan fingerprint density at radius 3 is 2.45 bits per heavy atom. The van der Waals surface area contributed by atoms with Crippen LogP contribution in [0.4, 0.5) is 0 Å². The predicted octanol–water partition coefficient (Wildman–Crippen LogP) is 1.41. The minimum atomic E-state index is -3.38. The van der Waals surface area contributed by atoms with Gasteiger partial charge in [-0.15, -0.1) is 0 Å². The van der Waals surface area contributed by atoms with Gasteiger partial charge in [-0.3, -0.25) is 4.79 Å². The molecule has 1 saturated carbocycles. The Balaban J connectivity index is 1.94. The van der Waals surface area contributed by atoms with Crippen LogP contribution >= 0.6 is 11.6 Å². The van der Waals surface area contributed by atoms with Gasteiger partial charge in [-0.2, -0.15) is 0 Å². The quantitative estimate of drug-likeness (QED) is 0.803. The molecule has 1 aromatic carbocycles. The molecule has 1 fully saturated rings. The number of carbonyl (C=O) groups excluding carboxylic acids is 1. The standard InChI is InChI=1S/C13H16ClNO4S/c1-19-12(16)13(6-7-13)15-8-9-20(17,18)11-4-2-10(14)3-5-11/h2-5,15H,6-9H2,1H3. The van der Waals surface area contributed by atoms with Crippen LogP contribution in [0.25, 0.3) is 0 Å². The Kier molecular flexibility index (Phi) is 4.36. The maximum absolute atomic E-state index is 12.1. The lowest BCUT2D eigenvalue weighted by Gasteiger charge is -2.14. The SMILES string of the molecule is COC(=O)C1(NCCS(=O)(=O)c2ccc(Cl)cc2)CC1. The van der Waals surface area contributed by atoms with Crippen LogP contribution in [0.3, 0.4) is 0 Å². The van der Waals surface area contributed by atoms with Crippen molar-refractivity contribution in [3.63, 3.8) is 0 Å². The van der Waals surface area contributed by atoms with Crippen LogP contribution in [0.1, 0.15) is 12.8 Å².